The SMILES string of the molecule is CCN(Cc1ccccc1)c1ccc(NC(=O)c2cccc(OC)c2)cc1. The van der Waals surface area contributed by atoms with Crippen LogP contribution < -0.4 is 15.0 Å². The summed E-state index contributed by atoms with van der Waals surface area (Å²) in [5.41, 5.74) is 3.73. The first-order chi connectivity index (χ1) is 13.2. The average Bonchev–Trinajstić information content (AvgIpc) is 2.73. The van der Waals surface area contributed by atoms with Gasteiger partial charge in [0, 0.05) is 30.0 Å². The summed E-state index contributed by atoms with van der Waals surface area (Å²) in [6.45, 7) is 3.90. The third kappa shape index (κ3) is 4.88. The molecule has 0 spiro atoms. The van der Waals surface area contributed by atoms with E-state index in [0.29, 0.717) is 11.3 Å². The largest absolute Gasteiger partial charge is 0.497 e. The summed E-state index contributed by atoms with van der Waals surface area (Å²) in [4.78, 5) is 14.7. The quantitative estimate of drug-likeness (QED) is 0.646. The zero-order valence-corrected chi connectivity index (χ0v) is 15.7. The summed E-state index contributed by atoms with van der Waals surface area (Å²) in [6.07, 6.45) is 0. The van der Waals surface area contributed by atoms with Crippen molar-refractivity contribution in [2.24, 2.45) is 0 Å². The van der Waals surface area contributed by atoms with Crippen LogP contribution in [-0.4, -0.2) is 19.6 Å². The molecule has 3 aromatic rings. The van der Waals surface area contributed by atoms with Gasteiger partial charge < -0.3 is 15.0 Å². The molecule has 0 unspecified atom stereocenters. The van der Waals surface area contributed by atoms with Gasteiger partial charge in [-0.2, -0.15) is 0 Å². The van der Waals surface area contributed by atoms with E-state index < -0.39 is 0 Å². The number of benzene rings is 3. The Morgan fingerprint density at radius 2 is 1.70 bits per heavy atom. The maximum absolute atomic E-state index is 12.4. The summed E-state index contributed by atoms with van der Waals surface area (Å²) in [6, 6.07) is 25.4. The molecule has 0 aliphatic carbocycles. The third-order valence-electron chi connectivity index (χ3n) is 4.42. The minimum absolute atomic E-state index is 0.154. The third-order valence-corrected chi connectivity index (χ3v) is 4.42. The molecule has 0 aliphatic heterocycles. The van der Waals surface area contributed by atoms with Crippen LogP contribution in [0.2, 0.25) is 0 Å². The summed E-state index contributed by atoms with van der Waals surface area (Å²) < 4.78 is 5.17. The highest BCUT2D eigenvalue weighted by molar-refractivity contribution is 6.04. The Hall–Kier alpha value is -3.27. The van der Waals surface area contributed by atoms with Crippen molar-refractivity contribution in [2.75, 3.05) is 23.9 Å². The fourth-order valence-corrected chi connectivity index (χ4v) is 2.91. The first-order valence-corrected chi connectivity index (χ1v) is 9.04. The van der Waals surface area contributed by atoms with E-state index >= 15 is 0 Å². The number of rotatable bonds is 7. The van der Waals surface area contributed by atoms with Crippen LogP contribution in [0.1, 0.15) is 22.8 Å². The van der Waals surface area contributed by atoms with Crippen LogP contribution in [0.4, 0.5) is 11.4 Å². The van der Waals surface area contributed by atoms with Gasteiger partial charge in [-0.3, -0.25) is 4.79 Å². The Bertz CT molecular complexity index is 876. The molecule has 0 aromatic heterocycles. The Morgan fingerprint density at radius 1 is 0.963 bits per heavy atom. The van der Waals surface area contributed by atoms with Crippen molar-refractivity contribution in [2.45, 2.75) is 13.5 Å². The minimum Gasteiger partial charge on any atom is -0.497 e. The van der Waals surface area contributed by atoms with E-state index in [2.05, 4.69) is 41.4 Å². The molecule has 27 heavy (non-hydrogen) atoms. The van der Waals surface area contributed by atoms with E-state index in [1.54, 1.807) is 25.3 Å². The molecule has 138 valence electrons. The molecular formula is C23H24N2O2. The Labute approximate surface area is 160 Å². The van der Waals surface area contributed by atoms with E-state index in [4.69, 9.17) is 4.74 Å². The summed E-state index contributed by atoms with van der Waals surface area (Å²) in [5.74, 6) is 0.510. The van der Waals surface area contributed by atoms with Crippen LogP contribution in [0.15, 0.2) is 78.9 Å². The van der Waals surface area contributed by atoms with Crippen molar-refractivity contribution in [3.05, 3.63) is 90.0 Å². The number of carbonyl (C=O) groups excluding carboxylic acids is 1. The fourth-order valence-electron chi connectivity index (χ4n) is 2.91. The first-order valence-electron chi connectivity index (χ1n) is 9.04. The molecule has 3 rings (SSSR count). The lowest BCUT2D eigenvalue weighted by atomic mass is 10.1. The van der Waals surface area contributed by atoms with Gasteiger partial charge in [-0.25, -0.2) is 0 Å². The van der Waals surface area contributed by atoms with Crippen LogP contribution in [0.25, 0.3) is 0 Å². The number of nitrogens with one attached hydrogen (secondary N) is 1. The van der Waals surface area contributed by atoms with Crippen LogP contribution >= 0.6 is 0 Å². The van der Waals surface area contributed by atoms with Crippen LogP contribution in [-0.2, 0) is 6.54 Å². The predicted octanol–water partition coefficient (Wildman–Crippen LogP) is 4.97. The number of ether oxygens (including phenoxy) is 1. The molecule has 4 heteroatoms. The van der Waals surface area contributed by atoms with Crippen LogP contribution in [0, 0.1) is 0 Å². The molecule has 1 amide bonds. The van der Waals surface area contributed by atoms with E-state index in [0.717, 1.165) is 24.5 Å². The van der Waals surface area contributed by atoms with Crippen molar-refractivity contribution in [1.29, 1.82) is 0 Å². The molecule has 0 bridgehead atoms. The van der Waals surface area contributed by atoms with Crippen molar-refractivity contribution < 1.29 is 9.53 Å². The monoisotopic (exact) mass is 360 g/mol. The number of nitrogens with zero attached hydrogens (tertiary/aromatic N) is 1. The minimum atomic E-state index is -0.154. The van der Waals surface area contributed by atoms with Crippen molar-refractivity contribution in [1.82, 2.24) is 0 Å². The fraction of sp³-hybridized carbons (Fsp3) is 0.174. The van der Waals surface area contributed by atoms with E-state index in [1.807, 2.05) is 36.4 Å². The maximum atomic E-state index is 12.4. The number of amides is 1. The summed E-state index contributed by atoms with van der Waals surface area (Å²) in [7, 11) is 1.59. The maximum Gasteiger partial charge on any atom is 0.255 e. The average molecular weight is 360 g/mol. The standard InChI is InChI=1S/C23H24N2O2/c1-3-25(17-18-8-5-4-6-9-18)21-14-12-20(13-15-21)24-23(26)19-10-7-11-22(16-19)27-2/h4-16H,3,17H2,1-2H3,(H,24,26). The molecular weight excluding hydrogens is 336 g/mol. The number of hydrogen-bond donors (Lipinski definition) is 1. The Balaban J connectivity index is 1.67. The van der Waals surface area contributed by atoms with Gasteiger partial charge in [0.1, 0.15) is 5.75 Å². The smallest absolute Gasteiger partial charge is 0.255 e. The van der Waals surface area contributed by atoms with Gasteiger partial charge in [-0.15, -0.1) is 0 Å². The predicted molar refractivity (Wildman–Crippen MR) is 111 cm³/mol. The summed E-state index contributed by atoms with van der Waals surface area (Å²) >= 11 is 0. The van der Waals surface area contributed by atoms with Crippen LogP contribution in [0.3, 0.4) is 0 Å². The highest BCUT2D eigenvalue weighted by atomic mass is 16.5. The van der Waals surface area contributed by atoms with Gasteiger partial charge in [0.2, 0.25) is 0 Å². The highest BCUT2D eigenvalue weighted by Crippen LogP contribution is 2.21. The second-order valence-electron chi connectivity index (χ2n) is 6.23. The zero-order valence-electron chi connectivity index (χ0n) is 15.7. The van der Waals surface area contributed by atoms with Gasteiger partial charge >= 0.3 is 0 Å². The second kappa shape index (κ2) is 8.90. The molecule has 3 aromatic carbocycles. The lowest BCUT2D eigenvalue weighted by molar-refractivity contribution is 0.102. The second-order valence-corrected chi connectivity index (χ2v) is 6.23. The van der Waals surface area contributed by atoms with Gasteiger partial charge in [0.25, 0.3) is 5.91 Å². The molecule has 0 saturated carbocycles. The molecule has 4 nitrogen and oxygen atoms in total. The normalized spacial score (nSPS) is 10.3. The molecule has 0 aliphatic rings. The van der Waals surface area contributed by atoms with Gasteiger partial charge in [0.05, 0.1) is 7.11 Å². The number of carbonyl (C=O) groups is 1. The van der Waals surface area contributed by atoms with Gasteiger partial charge in [-0.1, -0.05) is 36.4 Å². The molecule has 0 atom stereocenters. The first kappa shape index (κ1) is 18.5. The van der Waals surface area contributed by atoms with Crippen molar-refractivity contribution in [3.63, 3.8) is 0 Å². The van der Waals surface area contributed by atoms with Crippen LogP contribution in [0.5, 0.6) is 5.75 Å². The molecule has 1 N–H and O–H groups in total. The van der Waals surface area contributed by atoms with E-state index in [9.17, 15) is 4.79 Å². The summed E-state index contributed by atoms with van der Waals surface area (Å²) in [5, 5.41) is 2.93. The van der Waals surface area contributed by atoms with E-state index in [-0.39, 0.29) is 5.91 Å². The lowest BCUT2D eigenvalue weighted by Gasteiger charge is -2.23. The number of hydrogen-bond acceptors (Lipinski definition) is 3. The highest BCUT2D eigenvalue weighted by Gasteiger charge is 2.09. The zero-order chi connectivity index (χ0) is 19.1. The van der Waals surface area contributed by atoms with Crippen molar-refractivity contribution >= 4 is 17.3 Å². The molecule has 0 radical (unpaired) electrons. The Morgan fingerprint density at radius 3 is 2.37 bits per heavy atom. The van der Waals surface area contributed by atoms with Gasteiger partial charge in [-0.05, 0) is 55.0 Å². The van der Waals surface area contributed by atoms with Crippen molar-refractivity contribution in [3.8, 4) is 5.75 Å². The van der Waals surface area contributed by atoms with E-state index in [1.165, 1.54) is 5.56 Å². The lowest BCUT2D eigenvalue weighted by Crippen LogP contribution is -2.21. The topological polar surface area (TPSA) is 41.6 Å². The number of anilines is 2. The number of methoxy groups -OCH3 is 1. The molecule has 0 heterocycles. The molecule has 0 fully saturated rings. The molecule has 0 saturated heterocycles. The van der Waals surface area contributed by atoms with Gasteiger partial charge in [0.15, 0.2) is 0 Å². The Kier molecular flexibility index (Phi) is 6.10.